The predicted octanol–water partition coefficient (Wildman–Crippen LogP) is 2.80. The summed E-state index contributed by atoms with van der Waals surface area (Å²) in [4.78, 5) is 15.0. The second-order valence-corrected chi connectivity index (χ2v) is 6.85. The van der Waals surface area contributed by atoms with Crippen LogP contribution in [0.25, 0.3) is 0 Å². The Labute approximate surface area is 148 Å². The Kier molecular flexibility index (Phi) is 4.40. The van der Waals surface area contributed by atoms with E-state index in [0.717, 1.165) is 37.1 Å². The highest BCUT2D eigenvalue weighted by atomic mass is 16.2. The van der Waals surface area contributed by atoms with E-state index in [1.54, 1.807) is 5.01 Å². The molecule has 0 unspecified atom stereocenters. The summed E-state index contributed by atoms with van der Waals surface area (Å²) in [6, 6.07) is 14.7. The molecule has 2 aliphatic heterocycles. The van der Waals surface area contributed by atoms with Gasteiger partial charge in [0.2, 0.25) is 0 Å². The molecule has 1 aromatic heterocycles. The summed E-state index contributed by atoms with van der Waals surface area (Å²) >= 11 is 0. The Morgan fingerprint density at radius 2 is 2.00 bits per heavy atom. The first-order chi connectivity index (χ1) is 12.2. The van der Waals surface area contributed by atoms with Crippen LogP contribution < -0.4 is 0 Å². The minimum absolute atomic E-state index is 0.104. The minimum Gasteiger partial charge on any atom is -0.353 e. The van der Waals surface area contributed by atoms with E-state index in [4.69, 9.17) is 0 Å². The van der Waals surface area contributed by atoms with Gasteiger partial charge in [0.25, 0.3) is 5.91 Å². The molecule has 5 nitrogen and oxygen atoms in total. The first-order valence-corrected chi connectivity index (χ1v) is 9.01. The smallest absolute Gasteiger partial charge is 0.256 e. The molecule has 0 spiro atoms. The molecular weight excluding hydrogens is 312 g/mol. The van der Waals surface area contributed by atoms with Crippen molar-refractivity contribution in [3.63, 3.8) is 0 Å². The van der Waals surface area contributed by atoms with E-state index in [-0.39, 0.29) is 5.91 Å². The molecule has 1 atom stereocenters. The van der Waals surface area contributed by atoms with Gasteiger partial charge in [-0.25, -0.2) is 5.01 Å². The van der Waals surface area contributed by atoms with Gasteiger partial charge >= 0.3 is 0 Å². The molecule has 0 N–H and O–H groups in total. The van der Waals surface area contributed by atoms with Crippen LogP contribution in [0.2, 0.25) is 0 Å². The average Bonchev–Trinajstić information content (AvgIpc) is 3.36. The van der Waals surface area contributed by atoms with Gasteiger partial charge in [0.05, 0.1) is 24.8 Å². The average molecular weight is 336 g/mol. The number of nitrogens with zero attached hydrogens (tertiary/aromatic N) is 4. The van der Waals surface area contributed by atoms with Crippen LogP contribution in [0.15, 0.2) is 53.8 Å². The normalized spacial score (nSPS) is 20.9. The van der Waals surface area contributed by atoms with Crippen LogP contribution in [0, 0.1) is 0 Å². The Hall–Kier alpha value is -2.40. The van der Waals surface area contributed by atoms with E-state index in [9.17, 15) is 4.79 Å². The Morgan fingerprint density at radius 3 is 2.76 bits per heavy atom. The molecule has 25 heavy (non-hydrogen) atoms. The first-order valence-electron chi connectivity index (χ1n) is 9.01. The summed E-state index contributed by atoms with van der Waals surface area (Å²) in [6.45, 7) is 2.11. The van der Waals surface area contributed by atoms with Gasteiger partial charge in [-0.1, -0.05) is 30.3 Å². The number of rotatable bonds is 4. The molecule has 1 amide bonds. The third-order valence-corrected chi connectivity index (χ3v) is 5.22. The Morgan fingerprint density at radius 1 is 1.16 bits per heavy atom. The van der Waals surface area contributed by atoms with E-state index in [1.165, 1.54) is 5.69 Å². The third kappa shape index (κ3) is 3.24. The quantitative estimate of drug-likeness (QED) is 0.861. The molecule has 130 valence electrons. The summed E-state index contributed by atoms with van der Waals surface area (Å²) in [5, 5.41) is 6.23. The summed E-state index contributed by atoms with van der Waals surface area (Å²) in [5.41, 5.74) is 3.41. The van der Waals surface area contributed by atoms with Crippen molar-refractivity contribution in [1.29, 1.82) is 0 Å². The van der Waals surface area contributed by atoms with Crippen molar-refractivity contribution >= 4 is 11.6 Å². The molecule has 1 fully saturated rings. The lowest BCUT2D eigenvalue weighted by Gasteiger charge is -2.25. The molecule has 0 aliphatic carbocycles. The number of aromatic nitrogens is 1. The highest BCUT2D eigenvalue weighted by molar-refractivity contribution is 6.02. The molecule has 5 heteroatoms. The van der Waals surface area contributed by atoms with E-state index in [0.29, 0.717) is 19.1 Å². The van der Waals surface area contributed by atoms with E-state index < -0.39 is 0 Å². The Bertz CT molecular complexity index is 780. The number of hydrogen-bond donors (Lipinski definition) is 0. The van der Waals surface area contributed by atoms with Crippen LogP contribution in [0.5, 0.6) is 0 Å². The number of hydrazone groups is 1. The van der Waals surface area contributed by atoms with E-state index in [1.807, 2.05) is 18.2 Å². The maximum Gasteiger partial charge on any atom is 0.256 e. The minimum atomic E-state index is 0.104. The fourth-order valence-corrected chi connectivity index (χ4v) is 3.90. The van der Waals surface area contributed by atoms with Crippen molar-refractivity contribution < 1.29 is 4.79 Å². The van der Waals surface area contributed by atoms with Crippen LogP contribution in [0.4, 0.5) is 0 Å². The number of amides is 1. The highest BCUT2D eigenvalue weighted by Crippen LogP contribution is 2.31. The fourth-order valence-electron chi connectivity index (χ4n) is 3.90. The van der Waals surface area contributed by atoms with E-state index in [2.05, 4.69) is 52.1 Å². The highest BCUT2D eigenvalue weighted by Gasteiger charge is 2.31. The largest absolute Gasteiger partial charge is 0.353 e. The number of carbonyl (C=O) groups excluding carboxylic acids is 1. The summed E-state index contributed by atoms with van der Waals surface area (Å²) in [5.74, 6) is 0.104. The molecule has 0 saturated carbocycles. The molecule has 1 aromatic carbocycles. The maximum absolute atomic E-state index is 12.7. The van der Waals surface area contributed by atoms with Gasteiger partial charge in [0.1, 0.15) is 0 Å². The van der Waals surface area contributed by atoms with Crippen molar-refractivity contribution in [2.24, 2.45) is 12.1 Å². The summed E-state index contributed by atoms with van der Waals surface area (Å²) < 4.78 is 2.16. The molecule has 0 radical (unpaired) electrons. The number of aryl methyl sites for hydroxylation is 1. The van der Waals surface area contributed by atoms with E-state index >= 15 is 0 Å². The van der Waals surface area contributed by atoms with Gasteiger partial charge < -0.3 is 4.57 Å². The molecule has 1 saturated heterocycles. The van der Waals surface area contributed by atoms with Gasteiger partial charge in [-0.2, -0.15) is 5.10 Å². The molecule has 2 aliphatic rings. The second-order valence-electron chi connectivity index (χ2n) is 6.85. The lowest BCUT2D eigenvalue weighted by Crippen LogP contribution is -2.37. The van der Waals surface area contributed by atoms with Crippen molar-refractivity contribution in [1.82, 2.24) is 14.5 Å². The van der Waals surface area contributed by atoms with Crippen molar-refractivity contribution in [2.45, 2.75) is 25.3 Å². The van der Waals surface area contributed by atoms with Crippen LogP contribution in [0.3, 0.4) is 0 Å². The topological polar surface area (TPSA) is 40.8 Å². The SMILES string of the molecule is Cn1cccc1[C@@H]1CCCN1CC(=O)N1CCC(c2ccccc2)=N1. The predicted molar refractivity (Wildman–Crippen MR) is 98.3 cm³/mol. The van der Waals surface area contributed by atoms with Gasteiger partial charge in [0, 0.05) is 25.4 Å². The third-order valence-electron chi connectivity index (χ3n) is 5.22. The second kappa shape index (κ2) is 6.84. The summed E-state index contributed by atoms with van der Waals surface area (Å²) in [7, 11) is 2.07. The van der Waals surface area contributed by atoms with Crippen LogP contribution in [-0.4, -0.2) is 45.7 Å². The van der Waals surface area contributed by atoms with Crippen molar-refractivity contribution in [2.75, 3.05) is 19.6 Å². The van der Waals surface area contributed by atoms with Crippen molar-refractivity contribution in [3.8, 4) is 0 Å². The molecule has 4 rings (SSSR count). The lowest BCUT2D eigenvalue weighted by atomic mass is 10.1. The number of carbonyl (C=O) groups is 1. The zero-order valence-corrected chi connectivity index (χ0v) is 14.6. The molecular formula is C20H24N4O. The molecule has 2 aromatic rings. The fraction of sp³-hybridized carbons (Fsp3) is 0.400. The monoisotopic (exact) mass is 336 g/mol. The molecule has 3 heterocycles. The summed E-state index contributed by atoms with van der Waals surface area (Å²) in [6.07, 6.45) is 5.16. The van der Waals surface area contributed by atoms with Gasteiger partial charge in [-0.05, 0) is 37.1 Å². The maximum atomic E-state index is 12.7. The first kappa shape index (κ1) is 16.1. The number of likely N-dealkylation sites (tertiary alicyclic amines) is 1. The molecule has 0 bridgehead atoms. The number of benzene rings is 1. The van der Waals surface area contributed by atoms with Crippen molar-refractivity contribution in [3.05, 3.63) is 59.9 Å². The van der Waals surface area contributed by atoms with Crippen LogP contribution in [0.1, 0.15) is 36.6 Å². The van der Waals surface area contributed by atoms with Crippen LogP contribution in [-0.2, 0) is 11.8 Å². The van der Waals surface area contributed by atoms with Gasteiger partial charge in [0.15, 0.2) is 0 Å². The number of hydrogen-bond acceptors (Lipinski definition) is 3. The van der Waals surface area contributed by atoms with Gasteiger partial charge in [-0.15, -0.1) is 0 Å². The lowest BCUT2D eigenvalue weighted by molar-refractivity contribution is -0.132. The zero-order valence-electron chi connectivity index (χ0n) is 14.6. The van der Waals surface area contributed by atoms with Gasteiger partial charge in [-0.3, -0.25) is 9.69 Å². The van der Waals surface area contributed by atoms with Crippen LogP contribution >= 0.6 is 0 Å². The zero-order chi connectivity index (χ0) is 17.2. The Balaban J connectivity index is 1.44. The standard InChI is InChI=1S/C20H24N4O/c1-22-12-5-9-18(22)19-10-6-13-23(19)15-20(25)24-14-11-17(21-24)16-7-3-2-4-8-16/h2-5,7-9,12,19H,6,10-11,13-15H2,1H3/t19-/m0/s1.